The number of pyridine rings is 1. The number of hydrogen-bond donors (Lipinski definition) is 1. The second kappa shape index (κ2) is 5.03. The van der Waals surface area contributed by atoms with Crippen molar-refractivity contribution in [2.45, 2.75) is 11.4 Å². The molecule has 0 fully saturated rings. The van der Waals surface area contributed by atoms with E-state index in [-0.39, 0.29) is 0 Å². The van der Waals surface area contributed by atoms with Crippen LogP contribution in [0.25, 0.3) is 0 Å². The molecule has 16 heavy (non-hydrogen) atoms. The molecule has 4 nitrogen and oxygen atoms in total. The van der Waals surface area contributed by atoms with Gasteiger partial charge >= 0.3 is 0 Å². The van der Waals surface area contributed by atoms with Crippen molar-refractivity contribution in [2.24, 2.45) is 7.05 Å². The highest BCUT2D eigenvalue weighted by molar-refractivity contribution is 7.99. The lowest BCUT2D eigenvalue weighted by atomic mass is 10.4. The minimum absolute atomic E-state index is 0.702. The van der Waals surface area contributed by atoms with E-state index in [1.54, 1.807) is 18.0 Å². The maximum absolute atomic E-state index is 5.57. The smallest absolute Gasteiger partial charge is 0.109 e. The molecule has 0 aliphatic carbocycles. The summed E-state index contributed by atoms with van der Waals surface area (Å²) in [6.07, 6.45) is 6.41. The lowest BCUT2D eigenvalue weighted by Crippen LogP contribution is -1.99. The molecule has 0 atom stereocenters. The maximum atomic E-state index is 5.57. The average molecular weight is 234 g/mol. The van der Waals surface area contributed by atoms with Gasteiger partial charge in [0.15, 0.2) is 0 Å². The van der Waals surface area contributed by atoms with E-state index < -0.39 is 0 Å². The van der Waals surface area contributed by atoms with Crippen LogP contribution in [-0.2, 0) is 13.5 Å². The Morgan fingerprint density at radius 1 is 1.38 bits per heavy atom. The zero-order valence-electron chi connectivity index (χ0n) is 9.13. The molecule has 0 amide bonds. The minimum atomic E-state index is 0.702. The first-order valence-corrected chi connectivity index (χ1v) is 6.05. The molecule has 5 heteroatoms. The molecule has 0 saturated heterocycles. The van der Waals surface area contributed by atoms with Crippen molar-refractivity contribution in [3.63, 3.8) is 0 Å². The summed E-state index contributed by atoms with van der Waals surface area (Å²) in [5.74, 6) is 2.07. The zero-order valence-corrected chi connectivity index (χ0v) is 9.94. The van der Waals surface area contributed by atoms with Crippen molar-refractivity contribution in [3.8, 4) is 0 Å². The Kier molecular flexibility index (Phi) is 3.46. The van der Waals surface area contributed by atoms with Gasteiger partial charge in [-0.15, -0.1) is 11.8 Å². The molecule has 2 heterocycles. The van der Waals surface area contributed by atoms with Crippen LogP contribution >= 0.6 is 11.8 Å². The second-order valence-corrected chi connectivity index (χ2v) is 4.60. The first-order valence-electron chi connectivity index (χ1n) is 5.06. The van der Waals surface area contributed by atoms with Crippen LogP contribution in [0.2, 0.25) is 0 Å². The molecule has 0 spiro atoms. The van der Waals surface area contributed by atoms with E-state index in [9.17, 15) is 0 Å². The molecule has 2 N–H and O–H groups in total. The van der Waals surface area contributed by atoms with Crippen molar-refractivity contribution in [3.05, 3.63) is 36.5 Å². The predicted molar refractivity (Wildman–Crippen MR) is 66.3 cm³/mol. The quantitative estimate of drug-likeness (QED) is 0.819. The van der Waals surface area contributed by atoms with Gasteiger partial charge in [-0.25, -0.2) is 9.97 Å². The number of nitrogens with zero attached hydrogens (tertiary/aromatic N) is 3. The van der Waals surface area contributed by atoms with Crippen LogP contribution in [0.15, 0.2) is 35.7 Å². The van der Waals surface area contributed by atoms with E-state index in [0.29, 0.717) is 5.69 Å². The third-order valence-electron chi connectivity index (χ3n) is 2.26. The Balaban J connectivity index is 1.84. The van der Waals surface area contributed by atoms with Gasteiger partial charge in [0, 0.05) is 31.6 Å². The highest BCUT2D eigenvalue weighted by Gasteiger charge is 2.00. The molecule has 0 aliphatic heterocycles. The summed E-state index contributed by atoms with van der Waals surface area (Å²) in [7, 11) is 2.01. The Bertz CT molecular complexity index is 449. The number of thioether (sulfide) groups is 1. The number of aryl methyl sites for hydroxylation is 2. The molecule has 2 aromatic heterocycles. The SMILES string of the molecule is Cn1ccnc1CCSc1ccc(N)cn1. The van der Waals surface area contributed by atoms with Crippen molar-refractivity contribution < 1.29 is 0 Å². The normalized spacial score (nSPS) is 10.6. The van der Waals surface area contributed by atoms with Crippen LogP contribution in [0.4, 0.5) is 5.69 Å². The number of imidazole rings is 1. The van der Waals surface area contributed by atoms with Gasteiger partial charge in [-0.05, 0) is 12.1 Å². The van der Waals surface area contributed by atoms with E-state index in [1.807, 2.05) is 36.1 Å². The summed E-state index contributed by atoms with van der Waals surface area (Å²) in [6.45, 7) is 0. The summed E-state index contributed by atoms with van der Waals surface area (Å²) < 4.78 is 2.04. The molecule has 0 aliphatic rings. The van der Waals surface area contributed by atoms with Crippen LogP contribution in [0.3, 0.4) is 0 Å². The van der Waals surface area contributed by atoms with Gasteiger partial charge in [-0.2, -0.15) is 0 Å². The van der Waals surface area contributed by atoms with E-state index in [1.165, 1.54) is 0 Å². The lowest BCUT2D eigenvalue weighted by molar-refractivity contribution is 0.811. The fourth-order valence-electron chi connectivity index (χ4n) is 1.36. The monoisotopic (exact) mass is 234 g/mol. The molecule has 2 rings (SSSR count). The van der Waals surface area contributed by atoms with Gasteiger partial charge in [0.2, 0.25) is 0 Å². The molecule has 0 bridgehead atoms. The third-order valence-corrected chi connectivity index (χ3v) is 3.20. The van der Waals surface area contributed by atoms with Crippen LogP contribution in [0.1, 0.15) is 5.82 Å². The lowest BCUT2D eigenvalue weighted by Gasteiger charge is -2.02. The number of nitrogens with two attached hydrogens (primary N) is 1. The van der Waals surface area contributed by atoms with Gasteiger partial charge in [0.1, 0.15) is 5.82 Å². The molecule has 0 unspecified atom stereocenters. The average Bonchev–Trinajstić information content (AvgIpc) is 2.68. The number of nitrogen functional groups attached to an aromatic ring is 1. The van der Waals surface area contributed by atoms with Crippen LogP contribution in [0, 0.1) is 0 Å². The summed E-state index contributed by atoms with van der Waals surface area (Å²) in [5.41, 5.74) is 6.27. The summed E-state index contributed by atoms with van der Waals surface area (Å²) >= 11 is 1.72. The summed E-state index contributed by atoms with van der Waals surface area (Å²) in [4.78, 5) is 8.50. The largest absolute Gasteiger partial charge is 0.397 e. The van der Waals surface area contributed by atoms with Gasteiger partial charge in [-0.1, -0.05) is 0 Å². The van der Waals surface area contributed by atoms with Crippen LogP contribution in [-0.4, -0.2) is 20.3 Å². The van der Waals surface area contributed by atoms with Gasteiger partial charge in [-0.3, -0.25) is 0 Å². The Hall–Kier alpha value is -1.49. The highest BCUT2D eigenvalue weighted by atomic mass is 32.2. The van der Waals surface area contributed by atoms with E-state index >= 15 is 0 Å². The molecule has 0 aromatic carbocycles. The Labute approximate surface area is 98.9 Å². The number of rotatable bonds is 4. The first-order chi connectivity index (χ1) is 7.75. The number of aromatic nitrogens is 3. The van der Waals surface area contributed by atoms with E-state index in [0.717, 1.165) is 23.0 Å². The van der Waals surface area contributed by atoms with E-state index in [2.05, 4.69) is 9.97 Å². The fourth-order valence-corrected chi connectivity index (χ4v) is 2.15. The predicted octanol–water partition coefficient (Wildman–Crippen LogP) is 1.73. The molecule has 0 saturated carbocycles. The summed E-state index contributed by atoms with van der Waals surface area (Å²) in [5, 5.41) is 1.00. The highest BCUT2D eigenvalue weighted by Crippen LogP contribution is 2.16. The van der Waals surface area contributed by atoms with Gasteiger partial charge < -0.3 is 10.3 Å². The van der Waals surface area contributed by atoms with Crippen LogP contribution < -0.4 is 5.73 Å². The molecular weight excluding hydrogens is 220 g/mol. The Morgan fingerprint density at radius 3 is 2.88 bits per heavy atom. The standard InChI is InChI=1S/C11H14N4S/c1-15-6-5-13-10(15)4-7-16-11-3-2-9(12)8-14-11/h2-3,5-6,8H,4,7,12H2,1H3. The zero-order chi connectivity index (χ0) is 11.4. The van der Waals surface area contributed by atoms with Crippen LogP contribution in [0.5, 0.6) is 0 Å². The molecule has 0 radical (unpaired) electrons. The maximum Gasteiger partial charge on any atom is 0.109 e. The molecular formula is C11H14N4S. The fraction of sp³-hybridized carbons (Fsp3) is 0.273. The number of hydrogen-bond acceptors (Lipinski definition) is 4. The summed E-state index contributed by atoms with van der Waals surface area (Å²) in [6, 6.07) is 3.81. The third kappa shape index (κ3) is 2.76. The van der Waals surface area contributed by atoms with Crippen molar-refractivity contribution in [1.29, 1.82) is 0 Å². The minimum Gasteiger partial charge on any atom is -0.397 e. The molecule has 84 valence electrons. The van der Waals surface area contributed by atoms with Crippen molar-refractivity contribution >= 4 is 17.4 Å². The topological polar surface area (TPSA) is 56.7 Å². The molecule has 2 aromatic rings. The van der Waals surface area contributed by atoms with Crippen molar-refractivity contribution in [1.82, 2.24) is 14.5 Å². The van der Waals surface area contributed by atoms with Gasteiger partial charge in [0.25, 0.3) is 0 Å². The van der Waals surface area contributed by atoms with Gasteiger partial charge in [0.05, 0.1) is 16.9 Å². The second-order valence-electron chi connectivity index (χ2n) is 3.48. The Morgan fingerprint density at radius 2 is 2.25 bits per heavy atom. The first kappa shape index (κ1) is 11.0. The number of anilines is 1. The van der Waals surface area contributed by atoms with Crippen molar-refractivity contribution in [2.75, 3.05) is 11.5 Å². The van der Waals surface area contributed by atoms with E-state index in [4.69, 9.17) is 5.73 Å².